The minimum Gasteiger partial charge on any atom is -0.394 e. The molecule has 19 nitrogen and oxygen atoms in total. The molecule has 17 unspecified atom stereocenters. The zero-order valence-electron chi connectivity index (χ0n) is 60.3. The maximum Gasteiger partial charge on any atom is 0.220 e. The van der Waals surface area contributed by atoms with Crippen LogP contribution in [0, 0.1) is 0 Å². The number of rotatable bonds is 61. The van der Waals surface area contributed by atoms with Crippen LogP contribution in [0.4, 0.5) is 0 Å². The van der Waals surface area contributed by atoms with Gasteiger partial charge >= 0.3 is 0 Å². The lowest BCUT2D eigenvalue weighted by molar-refractivity contribution is -0.379. The SMILES string of the molecule is CCCCC/C=C\C/C=C\C/C=C\CCCCCCCCC(=O)NC(COC1OC(CO)C(OC2OC(CO)C(OC3OC(CO)C(O)C(O)C3O)C(O)C2O)C(O)C1O)C(O)/C=C/CC/C=C/CCCCCCCCCCCCCCCCCCCCCCCCCCCCC. The molecule has 0 bridgehead atoms. The highest BCUT2D eigenvalue weighted by Crippen LogP contribution is 2.33. The Balaban J connectivity index is 1.39. The fourth-order valence-corrected chi connectivity index (χ4v) is 13.0. The van der Waals surface area contributed by atoms with Crippen molar-refractivity contribution in [1.29, 1.82) is 0 Å². The monoisotopic (exact) mass is 1380 g/mol. The van der Waals surface area contributed by atoms with Gasteiger partial charge < -0.3 is 89.9 Å². The van der Waals surface area contributed by atoms with Crippen molar-refractivity contribution in [1.82, 2.24) is 5.32 Å². The van der Waals surface area contributed by atoms with Crippen LogP contribution in [0.2, 0.25) is 0 Å². The van der Waals surface area contributed by atoms with Gasteiger partial charge in [0.25, 0.3) is 0 Å². The number of ether oxygens (including phenoxy) is 6. The Bertz CT molecular complexity index is 1990. The predicted molar refractivity (Wildman–Crippen MR) is 383 cm³/mol. The van der Waals surface area contributed by atoms with Crippen molar-refractivity contribution in [3.05, 3.63) is 60.8 Å². The van der Waals surface area contributed by atoms with Gasteiger partial charge in [-0.15, -0.1) is 0 Å². The van der Waals surface area contributed by atoms with Crippen LogP contribution < -0.4 is 5.32 Å². The van der Waals surface area contributed by atoms with Crippen LogP contribution in [-0.2, 0) is 33.2 Å². The van der Waals surface area contributed by atoms with Gasteiger partial charge in [-0.2, -0.15) is 0 Å². The predicted octanol–water partition coefficient (Wildman–Crippen LogP) is 12.3. The Morgan fingerprint density at radius 3 is 1.12 bits per heavy atom. The molecular weight excluding hydrogens is 1240 g/mol. The lowest BCUT2D eigenvalue weighted by atomic mass is 9.96. The maximum atomic E-state index is 13.4. The molecule has 0 aliphatic carbocycles. The summed E-state index contributed by atoms with van der Waals surface area (Å²) in [5.74, 6) is -0.297. The number of carbonyl (C=O) groups excluding carboxylic acids is 1. The van der Waals surface area contributed by atoms with Gasteiger partial charge in [0.1, 0.15) is 73.2 Å². The number of aliphatic hydroxyl groups excluding tert-OH is 11. The smallest absolute Gasteiger partial charge is 0.220 e. The van der Waals surface area contributed by atoms with E-state index in [-0.39, 0.29) is 18.9 Å². The normalized spacial score (nSPS) is 27.2. The summed E-state index contributed by atoms with van der Waals surface area (Å²) >= 11 is 0. The molecule has 0 aromatic rings. The van der Waals surface area contributed by atoms with E-state index in [1.807, 2.05) is 6.08 Å². The highest BCUT2D eigenvalue weighted by Gasteiger charge is 2.53. The molecule has 0 saturated carbocycles. The molecule has 566 valence electrons. The number of allylic oxidation sites excluding steroid dienone is 9. The number of hydrogen-bond donors (Lipinski definition) is 12. The highest BCUT2D eigenvalue weighted by atomic mass is 16.8. The molecule has 0 radical (unpaired) electrons. The molecule has 3 saturated heterocycles. The van der Waals surface area contributed by atoms with Gasteiger partial charge in [0.2, 0.25) is 5.91 Å². The second-order valence-corrected chi connectivity index (χ2v) is 27.8. The van der Waals surface area contributed by atoms with Crippen LogP contribution in [-0.4, -0.2) is 193 Å². The number of carbonyl (C=O) groups is 1. The first kappa shape index (κ1) is 88.7. The van der Waals surface area contributed by atoms with Crippen molar-refractivity contribution in [2.24, 2.45) is 0 Å². The summed E-state index contributed by atoms with van der Waals surface area (Å²) in [7, 11) is 0. The van der Waals surface area contributed by atoms with E-state index in [2.05, 4.69) is 67.8 Å². The molecule has 0 aromatic carbocycles. The second kappa shape index (κ2) is 58.9. The second-order valence-electron chi connectivity index (χ2n) is 27.8. The van der Waals surface area contributed by atoms with E-state index in [0.29, 0.717) is 12.8 Å². The van der Waals surface area contributed by atoms with Gasteiger partial charge in [0.15, 0.2) is 18.9 Å². The first-order valence-corrected chi connectivity index (χ1v) is 39.0. The molecule has 3 aliphatic heterocycles. The molecule has 3 heterocycles. The lowest BCUT2D eigenvalue weighted by Gasteiger charge is -2.48. The van der Waals surface area contributed by atoms with Gasteiger partial charge in [-0.1, -0.05) is 280 Å². The maximum absolute atomic E-state index is 13.4. The van der Waals surface area contributed by atoms with Gasteiger partial charge in [0, 0.05) is 6.42 Å². The van der Waals surface area contributed by atoms with E-state index in [1.54, 1.807) is 6.08 Å². The first-order chi connectivity index (χ1) is 47.3. The molecule has 97 heavy (non-hydrogen) atoms. The zero-order chi connectivity index (χ0) is 70.4. The summed E-state index contributed by atoms with van der Waals surface area (Å²) in [4.78, 5) is 13.4. The summed E-state index contributed by atoms with van der Waals surface area (Å²) in [5, 5.41) is 121. The quantitative estimate of drug-likeness (QED) is 0.0199. The van der Waals surface area contributed by atoms with E-state index < -0.39 is 124 Å². The van der Waals surface area contributed by atoms with Crippen LogP contribution in [0.3, 0.4) is 0 Å². The topological polar surface area (TPSA) is 307 Å². The van der Waals surface area contributed by atoms with Crippen molar-refractivity contribution < 1.29 is 89.4 Å². The van der Waals surface area contributed by atoms with Gasteiger partial charge in [-0.25, -0.2) is 0 Å². The molecular formula is C78H141NO18. The molecule has 0 spiro atoms. The summed E-state index contributed by atoms with van der Waals surface area (Å²) in [6.07, 6.45) is 47.9. The van der Waals surface area contributed by atoms with Crippen molar-refractivity contribution in [2.75, 3.05) is 26.4 Å². The Hall–Kier alpha value is -2.51. The molecule has 17 atom stereocenters. The summed E-state index contributed by atoms with van der Waals surface area (Å²) in [5.41, 5.74) is 0. The van der Waals surface area contributed by atoms with Crippen LogP contribution >= 0.6 is 0 Å². The van der Waals surface area contributed by atoms with Crippen LogP contribution in [0.25, 0.3) is 0 Å². The van der Waals surface area contributed by atoms with Crippen molar-refractivity contribution in [3.63, 3.8) is 0 Å². The summed E-state index contributed by atoms with van der Waals surface area (Å²) in [6, 6.07) is -1.00. The molecule has 3 rings (SSSR count). The molecule has 3 fully saturated rings. The van der Waals surface area contributed by atoms with E-state index in [9.17, 15) is 61.0 Å². The lowest BCUT2D eigenvalue weighted by Crippen LogP contribution is -2.66. The number of unbranched alkanes of at least 4 members (excludes halogenated alkanes) is 37. The van der Waals surface area contributed by atoms with E-state index in [1.165, 1.54) is 186 Å². The Morgan fingerprint density at radius 2 is 0.691 bits per heavy atom. The van der Waals surface area contributed by atoms with Crippen LogP contribution in [0.5, 0.6) is 0 Å². The van der Waals surface area contributed by atoms with Crippen molar-refractivity contribution >= 4 is 5.91 Å². The minimum atomic E-state index is -1.99. The molecule has 3 aliphatic rings. The number of aliphatic hydroxyl groups is 11. The average molecular weight is 1380 g/mol. The first-order valence-electron chi connectivity index (χ1n) is 39.0. The van der Waals surface area contributed by atoms with Crippen molar-refractivity contribution in [2.45, 2.75) is 401 Å². The van der Waals surface area contributed by atoms with Crippen LogP contribution in [0.1, 0.15) is 296 Å². The van der Waals surface area contributed by atoms with E-state index in [0.717, 1.165) is 77.0 Å². The average Bonchev–Trinajstić information content (AvgIpc) is 0.795. The van der Waals surface area contributed by atoms with E-state index >= 15 is 0 Å². The molecule has 1 amide bonds. The van der Waals surface area contributed by atoms with Crippen molar-refractivity contribution in [3.8, 4) is 0 Å². The fraction of sp³-hybridized carbons (Fsp3) is 0.859. The van der Waals surface area contributed by atoms with Gasteiger partial charge in [0.05, 0.1) is 38.6 Å². The fourth-order valence-electron chi connectivity index (χ4n) is 13.0. The summed E-state index contributed by atoms with van der Waals surface area (Å²) < 4.78 is 34.4. The zero-order valence-corrected chi connectivity index (χ0v) is 60.3. The minimum absolute atomic E-state index is 0.219. The van der Waals surface area contributed by atoms with E-state index in [4.69, 9.17) is 28.4 Å². The largest absolute Gasteiger partial charge is 0.394 e. The van der Waals surface area contributed by atoms with Gasteiger partial charge in [-0.3, -0.25) is 4.79 Å². The molecule has 12 N–H and O–H groups in total. The molecule has 0 aromatic heterocycles. The number of hydrogen-bond acceptors (Lipinski definition) is 18. The third kappa shape index (κ3) is 39.6. The third-order valence-electron chi connectivity index (χ3n) is 19.3. The molecule has 19 heteroatoms. The van der Waals surface area contributed by atoms with Crippen LogP contribution in [0.15, 0.2) is 60.8 Å². The summed E-state index contributed by atoms with van der Waals surface area (Å²) in [6.45, 7) is 1.70. The third-order valence-corrected chi connectivity index (χ3v) is 19.3. The Labute approximate surface area is 586 Å². The number of nitrogens with one attached hydrogen (secondary N) is 1. The van der Waals surface area contributed by atoms with Gasteiger partial charge in [-0.05, 0) is 70.6 Å². The Morgan fingerprint density at radius 1 is 0.371 bits per heavy atom. The number of amides is 1. The highest BCUT2D eigenvalue weighted by molar-refractivity contribution is 5.76. The standard InChI is InChI=1S/C78H141NO18/c1-3-5-7-9-11-13-15-17-19-21-23-24-25-26-27-28-29-30-31-32-33-34-35-36-38-39-41-43-45-47-49-51-53-55-62(83)61(79-66(84)56-54-52-50-48-46-44-42-40-37-22-20-18-16-14-12-10-8-6-4-2)60-92-76-72(90)69(87)74(64(58-81)94-76)97-78-73(91)70(88)75(65(59-82)95-78)96-77-71(89)68(86)67(85)63(57-80)93-77/h12,14,18,20,37,40,45,47,53,55,61-65,67-78,80-83,85-91H,3-11,13,15-17,19,21-36,38-39,41-44,46,48-52,54,56-60H2,1-2H3,(H,79,84)/b14-12-,20-18-,40-37-,47-45+,55-53+. The Kier molecular flexibility index (Phi) is 53.9.